The molecule has 0 saturated carbocycles. The monoisotopic (exact) mass is 388 g/mol. The number of nitro groups is 1. The molecule has 0 atom stereocenters. The number of ether oxygens (including phenoxy) is 2. The highest BCUT2D eigenvalue weighted by molar-refractivity contribution is 5.93. The molecular formula is C16H12F4N2O5. The van der Waals surface area contributed by atoms with Gasteiger partial charge in [-0.1, -0.05) is 0 Å². The molecule has 0 spiro atoms. The Bertz CT molecular complexity index is 894. The zero-order valence-corrected chi connectivity index (χ0v) is 13.9. The van der Waals surface area contributed by atoms with Crippen molar-refractivity contribution in [1.29, 1.82) is 0 Å². The van der Waals surface area contributed by atoms with Crippen LogP contribution >= 0.6 is 0 Å². The van der Waals surface area contributed by atoms with Crippen molar-refractivity contribution in [2.75, 3.05) is 19.0 Å². The van der Waals surface area contributed by atoms with Crippen LogP contribution < -0.4 is 14.8 Å². The second-order valence-corrected chi connectivity index (χ2v) is 5.23. The van der Waals surface area contributed by atoms with Gasteiger partial charge in [0.1, 0.15) is 0 Å². The average molecular weight is 388 g/mol. The first-order valence-electron chi connectivity index (χ1n) is 7.24. The van der Waals surface area contributed by atoms with Crippen molar-refractivity contribution in [3.05, 3.63) is 57.1 Å². The Balaban J connectivity index is 2.17. The predicted octanol–water partition coefficient (Wildman–Crippen LogP) is 3.49. The van der Waals surface area contributed by atoms with Gasteiger partial charge >= 0.3 is 5.69 Å². The van der Waals surface area contributed by atoms with Crippen LogP contribution in [0.15, 0.2) is 18.2 Å². The molecular weight excluding hydrogens is 376 g/mol. The standard InChI is InChI=1S/C16H12F4N2O5/c1-7-3-11(22(24)25)12(26-2)5-10(7)21-13(23)6-27-16-14(19)8(17)4-9(18)15(16)20/h3-5H,6H2,1-2H3,(H,21,23). The Kier molecular flexibility index (Phi) is 5.83. The second kappa shape index (κ2) is 7.89. The Morgan fingerprint density at radius 3 is 2.26 bits per heavy atom. The molecule has 0 aliphatic carbocycles. The lowest BCUT2D eigenvalue weighted by Crippen LogP contribution is -2.21. The number of nitrogens with one attached hydrogen (secondary N) is 1. The number of methoxy groups -OCH3 is 1. The summed E-state index contributed by atoms with van der Waals surface area (Å²) in [4.78, 5) is 22.2. The van der Waals surface area contributed by atoms with Gasteiger partial charge in [0.25, 0.3) is 5.91 Å². The lowest BCUT2D eigenvalue weighted by molar-refractivity contribution is -0.385. The summed E-state index contributed by atoms with van der Waals surface area (Å²) < 4.78 is 62.6. The van der Waals surface area contributed by atoms with Gasteiger partial charge in [-0.2, -0.15) is 8.78 Å². The number of nitrogens with zero attached hydrogens (tertiary/aromatic N) is 1. The summed E-state index contributed by atoms with van der Waals surface area (Å²) >= 11 is 0. The van der Waals surface area contributed by atoms with Gasteiger partial charge in [0.2, 0.25) is 11.6 Å². The van der Waals surface area contributed by atoms with Gasteiger partial charge in [-0.15, -0.1) is 0 Å². The first kappa shape index (κ1) is 19.9. The zero-order valence-electron chi connectivity index (χ0n) is 13.9. The summed E-state index contributed by atoms with van der Waals surface area (Å²) in [6, 6.07) is 2.33. The lowest BCUT2D eigenvalue weighted by atomic mass is 10.1. The van der Waals surface area contributed by atoms with Crippen LogP contribution in [0.1, 0.15) is 5.56 Å². The summed E-state index contributed by atoms with van der Waals surface area (Å²) in [5.74, 6) is -9.37. The van der Waals surface area contributed by atoms with Crippen LogP contribution in [0.5, 0.6) is 11.5 Å². The van der Waals surface area contributed by atoms with Crippen LogP contribution in [0.25, 0.3) is 0 Å². The number of carbonyl (C=O) groups excluding carboxylic acids is 1. The van der Waals surface area contributed by atoms with E-state index < -0.39 is 46.5 Å². The molecule has 2 rings (SSSR count). The van der Waals surface area contributed by atoms with E-state index in [4.69, 9.17) is 4.74 Å². The van der Waals surface area contributed by atoms with Gasteiger partial charge in [-0.05, 0) is 12.5 Å². The van der Waals surface area contributed by atoms with E-state index in [1.54, 1.807) is 0 Å². The predicted molar refractivity (Wildman–Crippen MR) is 84.8 cm³/mol. The Morgan fingerprint density at radius 1 is 1.15 bits per heavy atom. The first-order valence-corrected chi connectivity index (χ1v) is 7.24. The lowest BCUT2D eigenvalue weighted by Gasteiger charge is -2.12. The molecule has 2 aromatic carbocycles. The summed E-state index contributed by atoms with van der Waals surface area (Å²) in [7, 11) is 1.19. The number of halogens is 4. The molecule has 7 nitrogen and oxygen atoms in total. The van der Waals surface area contributed by atoms with E-state index in [1.807, 2.05) is 0 Å². The topological polar surface area (TPSA) is 90.7 Å². The number of nitro benzene ring substituents is 1. The molecule has 0 fully saturated rings. The normalized spacial score (nSPS) is 10.4. The molecule has 2 aromatic rings. The van der Waals surface area contributed by atoms with Crippen LogP contribution in [0.4, 0.5) is 28.9 Å². The molecule has 0 aliphatic rings. The minimum absolute atomic E-state index is 0.00408. The summed E-state index contributed by atoms with van der Waals surface area (Å²) in [5, 5.41) is 13.2. The molecule has 0 aromatic heterocycles. The van der Waals surface area contributed by atoms with E-state index in [0.29, 0.717) is 5.56 Å². The largest absolute Gasteiger partial charge is 0.490 e. The second-order valence-electron chi connectivity index (χ2n) is 5.23. The fourth-order valence-electron chi connectivity index (χ4n) is 2.12. The van der Waals surface area contributed by atoms with E-state index in [-0.39, 0.29) is 23.2 Å². The molecule has 27 heavy (non-hydrogen) atoms. The van der Waals surface area contributed by atoms with Gasteiger partial charge in [0, 0.05) is 23.9 Å². The number of anilines is 1. The van der Waals surface area contributed by atoms with Crippen molar-refractivity contribution >= 4 is 17.3 Å². The molecule has 11 heteroatoms. The average Bonchev–Trinajstić information content (AvgIpc) is 2.61. The number of amides is 1. The first-order chi connectivity index (χ1) is 12.6. The maximum Gasteiger partial charge on any atom is 0.311 e. The molecule has 0 aliphatic heterocycles. The van der Waals surface area contributed by atoms with Gasteiger partial charge in [-0.25, -0.2) is 8.78 Å². The minimum Gasteiger partial charge on any atom is -0.490 e. The van der Waals surface area contributed by atoms with Crippen LogP contribution in [-0.4, -0.2) is 24.5 Å². The Hall–Kier alpha value is -3.37. The summed E-state index contributed by atoms with van der Waals surface area (Å²) in [6.45, 7) is 0.486. The van der Waals surface area contributed by atoms with Crippen molar-refractivity contribution in [3.8, 4) is 11.5 Å². The van der Waals surface area contributed by atoms with Crippen molar-refractivity contribution in [2.24, 2.45) is 0 Å². The molecule has 1 N–H and O–H groups in total. The highest BCUT2D eigenvalue weighted by atomic mass is 19.2. The molecule has 0 unspecified atom stereocenters. The number of aryl methyl sites for hydroxylation is 1. The van der Waals surface area contributed by atoms with Gasteiger partial charge in [0.05, 0.1) is 12.0 Å². The van der Waals surface area contributed by atoms with Gasteiger partial charge < -0.3 is 14.8 Å². The fraction of sp³-hybridized carbons (Fsp3) is 0.188. The molecule has 0 radical (unpaired) electrons. The number of hydrogen-bond donors (Lipinski definition) is 1. The van der Waals surface area contributed by atoms with Crippen molar-refractivity contribution in [1.82, 2.24) is 0 Å². The number of carbonyl (C=O) groups is 1. The van der Waals surface area contributed by atoms with Crippen molar-refractivity contribution in [3.63, 3.8) is 0 Å². The number of rotatable bonds is 6. The van der Waals surface area contributed by atoms with Crippen LogP contribution in [0, 0.1) is 40.3 Å². The van der Waals surface area contributed by atoms with Crippen LogP contribution in [0.3, 0.4) is 0 Å². The fourth-order valence-corrected chi connectivity index (χ4v) is 2.12. The van der Waals surface area contributed by atoms with E-state index in [2.05, 4.69) is 10.1 Å². The third-order valence-corrected chi connectivity index (χ3v) is 3.42. The summed E-state index contributed by atoms with van der Waals surface area (Å²) in [6.07, 6.45) is 0. The van der Waals surface area contributed by atoms with E-state index in [9.17, 15) is 32.5 Å². The smallest absolute Gasteiger partial charge is 0.311 e. The molecule has 1 amide bonds. The van der Waals surface area contributed by atoms with Crippen LogP contribution in [-0.2, 0) is 4.79 Å². The third-order valence-electron chi connectivity index (χ3n) is 3.42. The highest BCUT2D eigenvalue weighted by Gasteiger charge is 2.22. The van der Waals surface area contributed by atoms with Crippen LogP contribution in [0.2, 0.25) is 0 Å². The number of benzene rings is 2. The van der Waals surface area contributed by atoms with E-state index in [1.165, 1.54) is 20.1 Å². The van der Waals surface area contributed by atoms with Gasteiger partial charge in [-0.3, -0.25) is 14.9 Å². The maximum absolute atomic E-state index is 13.5. The molecule has 144 valence electrons. The molecule has 0 bridgehead atoms. The zero-order chi connectivity index (χ0) is 20.3. The van der Waals surface area contributed by atoms with E-state index >= 15 is 0 Å². The van der Waals surface area contributed by atoms with Crippen molar-refractivity contribution in [2.45, 2.75) is 6.92 Å². The minimum atomic E-state index is -1.78. The highest BCUT2D eigenvalue weighted by Crippen LogP contribution is 2.33. The van der Waals surface area contributed by atoms with E-state index in [0.717, 1.165) is 6.07 Å². The summed E-state index contributed by atoms with van der Waals surface area (Å²) in [5.41, 5.74) is 0.0751. The van der Waals surface area contributed by atoms with Gasteiger partial charge in [0.15, 0.2) is 29.7 Å². The SMILES string of the molecule is COc1cc(NC(=O)COc2c(F)c(F)cc(F)c2F)c(C)cc1[N+](=O)[O-]. The number of hydrogen-bond acceptors (Lipinski definition) is 5. The molecule has 0 saturated heterocycles. The molecule has 0 heterocycles. The quantitative estimate of drug-likeness (QED) is 0.354. The van der Waals surface area contributed by atoms with Crippen molar-refractivity contribution < 1.29 is 36.8 Å². The Labute approximate surface area is 149 Å². The third kappa shape index (κ3) is 4.25. The Morgan fingerprint density at radius 2 is 1.74 bits per heavy atom. The maximum atomic E-state index is 13.5.